The molecule has 1 heterocycles. The van der Waals surface area contributed by atoms with Crippen molar-refractivity contribution in [1.82, 2.24) is 9.55 Å². The van der Waals surface area contributed by atoms with Gasteiger partial charge in [0.1, 0.15) is 5.15 Å². The van der Waals surface area contributed by atoms with E-state index in [4.69, 9.17) is 11.6 Å². The lowest BCUT2D eigenvalue weighted by Gasteiger charge is -2.15. The topological polar surface area (TPSA) is 54.9 Å². The van der Waals surface area contributed by atoms with Crippen molar-refractivity contribution in [1.29, 1.82) is 0 Å². The first kappa shape index (κ1) is 16.4. The number of hydrogen-bond donors (Lipinski definition) is 1. The van der Waals surface area contributed by atoms with Gasteiger partial charge in [0.2, 0.25) is 0 Å². The SMILES string of the molecule is CSCC(C)n1c(=O)[nH]c(Cl)c(-c2cccc(Br)c2)c1=O. The predicted molar refractivity (Wildman–Crippen MR) is 92.6 cm³/mol. The summed E-state index contributed by atoms with van der Waals surface area (Å²) in [6.45, 7) is 1.84. The summed E-state index contributed by atoms with van der Waals surface area (Å²) in [7, 11) is 0. The molecule has 1 aromatic heterocycles. The number of nitrogens with zero attached hydrogens (tertiary/aromatic N) is 1. The normalized spacial score (nSPS) is 12.4. The van der Waals surface area contributed by atoms with Gasteiger partial charge in [0.15, 0.2) is 0 Å². The quantitative estimate of drug-likeness (QED) is 0.814. The molecule has 1 atom stereocenters. The Bertz CT molecular complexity index is 772. The lowest BCUT2D eigenvalue weighted by atomic mass is 10.1. The number of benzene rings is 1. The molecular formula is C14H14BrClN2O2S. The molecule has 1 unspecified atom stereocenters. The Hall–Kier alpha value is -0.980. The Morgan fingerprint density at radius 2 is 2.14 bits per heavy atom. The van der Waals surface area contributed by atoms with Gasteiger partial charge in [-0.15, -0.1) is 0 Å². The van der Waals surface area contributed by atoms with E-state index in [1.165, 1.54) is 4.57 Å². The molecule has 0 saturated heterocycles. The Balaban J connectivity index is 2.71. The molecule has 2 rings (SSSR count). The fourth-order valence-electron chi connectivity index (χ4n) is 2.13. The largest absolute Gasteiger partial charge is 0.329 e. The number of H-pyrrole nitrogens is 1. The van der Waals surface area contributed by atoms with Gasteiger partial charge in [-0.3, -0.25) is 14.3 Å². The number of aromatic nitrogens is 2. The highest BCUT2D eigenvalue weighted by Crippen LogP contribution is 2.25. The van der Waals surface area contributed by atoms with Crippen molar-refractivity contribution in [3.8, 4) is 11.1 Å². The van der Waals surface area contributed by atoms with Crippen LogP contribution in [0.5, 0.6) is 0 Å². The van der Waals surface area contributed by atoms with Crippen molar-refractivity contribution in [3.63, 3.8) is 0 Å². The van der Waals surface area contributed by atoms with Crippen LogP contribution in [-0.4, -0.2) is 21.6 Å². The highest BCUT2D eigenvalue weighted by molar-refractivity contribution is 9.10. The van der Waals surface area contributed by atoms with Crippen LogP contribution in [0.3, 0.4) is 0 Å². The minimum atomic E-state index is -0.481. The summed E-state index contributed by atoms with van der Waals surface area (Å²) in [6, 6.07) is 7.05. The van der Waals surface area contributed by atoms with E-state index in [-0.39, 0.29) is 16.8 Å². The fraction of sp³-hybridized carbons (Fsp3) is 0.286. The van der Waals surface area contributed by atoms with Crippen LogP contribution in [0.4, 0.5) is 0 Å². The lowest BCUT2D eigenvalue weighted by Crippen LogP contribution is -2.39. The van der Waals surface area contributed by atoms with Crippen molar-refractivity contribution in [3.05, 3.63) is 54.7 Å². The molecule has 0 bridgehead atoms. The van der Waals surface area contributed by atoms with E-state index in [1.807, 2.05) is 25.3 Å². The number of nitrogens with one attached hydrogen (secondary N) is 1. The molecule has 0 radical (unpaired) electrons. The van der Waals surface area contributed by atoms with Crippen molar-refractivity contribution in [2.75, 3.05) is 12.0 Å². The molecule has 2 aromatic rings. The first-order valence-corrected chi connectivity index (χ1v) is 8.81. The maximum atomic E-state index is 12.7. The Kier molecular flexibility index (Phi) is 5.35. The summed E-state index contributed by atoms with van der Waals surface area (Å²) in [5.74, 6) is 0.669. The molecule has 1 N–H and O–H groups in total. The molecule has 21 heavy (non-hydrogen) atoms. The van der Waals surface area contributed by atoms with Gasteiger partial charge in [0.25, 0.3) is 5.56 Å². The smallest absolute Gasteiger partial charge is 0.297 e. The molecule has 7 heteroatoms. The second-order valence-electron chi connectivity index (χ2n) is 4.61. The monoisotopic (exact) mass is 388 g/mol. The van der Waals surface area contributed by atoms with E-state index < -0.39 is 5.69 Å². The molecule has 4 nitrogen and oxygen atoms in total. The molecule has 0 fully saturated rings. The lowest BCUT2D eigenvalue weighted by molar-refractivity contribution is 0.555. The van der Waals surface area contributed by atoms with Gasteiger partial charge in [-0.2, -0.15) is 11.8 Å². The predicted octanol–water partition coefficient (Wildman–Crippen LogP) is 3.54. The number of rotatable bonds is 4. The van der Waals surface area contributed by atoms with E-state index in [9.17, 15) is 9.59 Å². The van der Waals surface area contributed by atoms with Crippen LogP contribution in [0.25, 0.3) is 11.1 Å². The number of halogens is 2. The van der Waals surface area contributed by atoms with Crippen LogP contribution in [-0.2, 0) is 0 Å². The minimum absolute atomic E-state index is 0.0655. The summed E-state index contributed by atoms with van der Waals surface area (Å²) in [5, 5.41) is 0.0655. The van der Waals surface area contributed by atoms with Gasteiger partial charge < -0.3 is 0 Å². The van der Waals surface area contributed by atoms with Crippen LogP contribution >= 0.6 is 39.3 Å². The van der Waals surface area contributed by atoms with E-state index in [0.29, 0.717) is 16.9 Å². The number of hydrogen-bond acceptors (Lipinski definition) is 3. The molecule has 0 spiro atoms. The number of aromatic amines is 1. The van der Waals surface area contributed by atoms with Gasteiger partial charge in [-0.1, -0.05) is 39.7 Å². The van der Waals surface area contributed by atoms with E-state index in [1.54, 1.807) is 23.9 Å². The molecule has 1 aromatic carbocycles. The van der Waals surface area contributed by atoms with E-state index in [2.05, 4.69) is 20.9 Å². The second-order valence-corrected chi connectivity index (χ2v) is 6.81. The van der Waals surface area contributed by atoms with Gasteiger partial charge in [0.05, 0.1) is 5.56 Å². The van der Waals surface area contributed by atoms with Gasteiger partial charge in [-0.05, 0) is 30.9 Å². The van der Waals surface area contributed by atoms with Crippen molar-refractivity contribution in [2.24, 2.45) is 0 Å². The van der Waals surface area contributed by atoms with Crippen LogP contribution in [0.15, 0.2) is 38.3 Å². The van der Waals surface area contributed by atoms with E-state index >= 15 is 0 Å². The zero-order valence-corrected chi connectivity index (χ0v) is 14.7. The Morgan fingerprint density at radius 1 is 1.43 bits per heavy atom. The molecule has 0 aliphatic rings. The Labute approximate surface area is 139 Å². The summed E-state index contributed by atoms with van der Waals surface area (Å²) < 4.78 is 2.06. The Morgan fingerprint density at radius 3 is 2.76 bits per heavy atom. The van der Waals surface area contributed by atoms with Crippen LogP contribution < -0.4 is 11.2 Å². The van der Waals surface area contributed by atoms with Crippen molar-refractivity contribution in [2.45, 2.75) is 13.0 Å². The van der Waals surface area contributed by atoms with Crippen molar-refractivity contribution < 1.29 is 0 Å². The molecule has 112 valence electrons. The third-order valence-electron chi connectivity index (χ3n) is 3.05. The average molecular weight is 390 g/mol. The van der Waals surface area contributed by atoms with E-state index in [0.717, 1.165) is 4.47 Å². The zero-order valence-electron chi connectivity index (χ0n) is 11.5. The van der Waals surface area contributed by atoms with Crippen LogP contribution in [0, 0.1) is 0 Å². The highest BCUT2D eigenvalue weighted by Gasteiger charge is 2.18. The summed E-state index contributed by atoms with van der Waals surface area (Å²) in [5.41, 5.74) is 0.125. The molecule has 0 aliphatic heterocycles. The molecule has 0 amide bonds. The summed E-state index contributed by atoms with van der Waals surface area (Å²) in [6.07, 6.45) is 1.93. The van der Waals surface area contributed by atoms with Crippen molar-refractivity contribution >= 4 is 39.3 Å². The first-order valence-electron chi connectivity index (χ1n) is 6.25. The van der Waals surface area contributed by atoms with Crippen LogP contribution in [0.1, 0.15) is 13.0 Å². The minimum Gasteiger partial charge on any atom is -0.297 e. The maximum absolute atomic E-state index is 12.7. The average Bonchev–Trinajstić information content (AvgIpc) is 2.38. The van der Waals surface area contributed by atoms with Gasteiger partial charge in [-0.25, -0.2) is 4.79 Å². The molecule has 0 saturated carbocycles. The zero-order chi connectivity index (χ0) is 15.6. The third-order valence-corrected chi connectivity index (χ3v) is 4.64. The molecule has 0 aliphatic carbocycles. The van der Waals surface area contributed by atoms with Gasteiger partial charge in [0, 0.05) is 16.3 Å². The standard InChI is InChI=1S/C14H14BrClN2O2S/c1-8(7-21-2)18-13(19)11(12(16)17-14(18)20)9-4-3-5-10(15)6-9/h3-6,8H,7H2,1-2H3,(H,17,20). The highest BCUT2D eigenvalue weighted by atomic mass is 79.9. The summed E-state index contributed by atoms with van der Waals surface area (Å²) >= 11 is 11.0. The summed E-state index contributed by atoms with van der Waals surface area (Å²) in [4.78, 5) is 27.3. The second kappa shape index (κ2) is 6.85. The maximum Gasteiger partial charge on any atom is 0.329 e. The first-order chi connectivity index (χ1) is 9.95. The molecular weight excluding hydrogens is 376 g/mol. The number of thioether (sulfide) groups is 1. The van der Waals surface area contributed by atoms with Gasteiger partial charge >= 0.3 is 5.69 Å². The van der Waals surface area contributed by atoms with Crippen LogP contribution in [0.2, 0.25) is 5.15 Å². The fourth-order valence-corrected chi connectivity index (χ4v) is 3.43. The third kappa shape index (κ3) is 3.44.